The summed E-state index contributed by atoms with van der Waals surface area (Å²) in [6.07, 6.45) is 2.30. The predicted octanol–water partition coefficient (Wildman–Crippen LogP) is 1.86. The monoisotopic (exact) mass is 271 g/mol. The first-order valence-electron chi connectivity index (χ1n) is 7.39. The molecule has 0 spiro atoms. The van der Waals surface area contributed by atoms with E-state index in [-0.39, 0.29) is 11.4 Å². The molecule has 0 aliphatic heterocycles. The fraction of sp³-hybridized carbons (Fsp3) is 0.933. The van der Waals surface area contributed by atoms with Crippen molar-refractivity contribution in [3.05, 3.63) is 0 Å². The normalized spacial score (nSPS) is 13.9. The second-order valence-electron chi connectivity index (χ2n) is 6.52. The maximum Gasteiger partial charge on any atom is 0.234 e. The molecule has 0 heterocycles. The zero-order valence-electron chi connectivity index (χ0n) is 13.8. The van der Waals surface area contributed by atoms with E-state index in [1.807, 2.05) is 0 Å². The molecule has 0 fully saturated rings. The first kappa shape index (κ1) is 18.4. The van der Waals surface area contributed by atoms with Gasteiger partial charge in [0.1, 0.15) is 0 Å². The third kappa shape index (κ3) is 8.22. The van der Waals surface area contributed by atoms with E-state index >= 15 is 0 Å². The highest BCUT2D eigenvalue weighted by Gasteiger charge is 2.21. The Bertz CT molecular complexity index is 255. The third-order valence-corrected chi connectivity index (χ3v) is 3.54. The largest absolute Gasteiger partial charge is 0.353 e. The highest BCUT2D eigenvalue weighted by atomic mass is 16.1. The Morgan fingerprint density at radius 1 is 1.16 bits per heavy atom. The van der Waals surface area contributed by atoms with Gasteiger partial charge in [-0.2, -0.15) is 0 Å². The van der Waals surface area contributed by atoms with Crippen molar-refractivity contribution < 1.29 is 4.79 Å². The molecule has 0 saturated heterocycles. The topological polar surface area (TPSA) is 44.4 Å². The van der Waals surface area contributed by atoms with E-state index < -0.39 is 0 Å². The lowest BCUT2D eigenvalue weighted by molar-refractivity contribution is -0.120. The van der Waals surface area contributed by atoms with Gasteiger partial charge < -0.3 is 15.5 Å². The maximum atomic E-state index is 11.8. The quantitative estimate of drug-likeness (QED) is 0.708. The van der Waals surface area contributed by atoms with Crippen LogP contribution < -0.4 is 10.6 Å². The average Bonchev–Trinajstić information content (AvgIpc) is 2.30. The molecule has 1 unspecified atom stereocenters. The van der Waals surface area contributed by atoms with Crippen molar-refractivity contribution in [2.24, 2.45) is 5.92 Å². The molecule has 0 radical (unpaired) electrons. The molecule has 0 bridgehead atoms. The Balaban J connectivity index is 4.22. The molecule has 1 atom stereocenters. The summed E-state index contributed by atoms with van der Waals surface area (Å²) in [5.41, 5.74) is -0.0202. The van der Waals surface area contributed by atoms with Crippen LogP contribution in [0.4, 0.5) is 0 Å². The molecule has 2 N–H and O–H groups in total. The van der Waals surface area contributed by atoms with Crippen molar-refractivity contribution in [2.45, 2.75) is 59.0 Å². The van der Waals surface area contributed by atoms with Gasteiger partial charge in [-0.1, -0.05) is 26.7 Å². The predicted molar refractivity (Wildman–Crippen MR) is 82.3 cm³/mol. The van der Waals surface area contributed by atoms with Gasteiger partial charge in [-0.15, -0.1) is 0 Å². The highest BCUT2D eigenvalue weighted by molar-refractivity contribution is 5.78. The van der Waals surface area contributed by atoms with Gasteiger partial charge in [0.25, 0.3) is 0 Å². The second kappa shape index (κ2) is 8.54. The molecule has 0 aliphatic rings. The van der Waals surface area contributed by atoms with Crippen LogP contribution in [0.5, 0.6) is 0 Å². The number of nitrogens with one attached hydrogen (secondary N) is 2. The van der Waals surface area contributed by atoms with E-state index in [1.54, 1.807) is 0 Å². The summed E-state index contributed by atoms with van der Waals surface area (Å²) in [5, 5.41) is 6.25. The first-order valence-corrected chi connectivity index (χ1v) is 7.39. The van der Waals surface area contributed by atoms with Gasteiger partial charge in [-0.05, 0) is 40.8 Å². The summed E-state index contributed by atoms with van der Waals surface area (Å²) in [7, 11) is 4.17. The van der Waals surface area contributed by atoms with Crippen LogP contribution in [0.15, 0.2) is 0 Å². The van der Waals surface area contributed by atoms with E-state index in [2.05, 4.69) is 64.2 Å². The van der Waals surface area contributed by atoms with Crippen LogP contribution in [-0.4, -0.2) is 49.6 Å². The van der Waals surface area contributed by atoms with Gasteiger partial charge in [-0.25, -0.2) is 0 Å². The molecule has 0 aromatic carbocycles. The van der Waals surface area contributed by atoms with E-state index in [1.165, 1.54) is 0 Å². The van der Waals surface area contributed by atoms with Gasteiger partial charge in [0.05, 0.1) is 6.54 Å². The standard InChI is InChI=1S/C15H33N3O/c1-8-12(9-2)13(18(6)7)10-16-14(19)11-17-15(3,4)5/h12-13,17H,8-11H2,1-7H3,(H,16,19). The molecule has 0 rings (SSSR count). The van der Waals surface area contributed by atoms with E-state index in [9.17, 15) is 4.79 Å². The number of carbonyl (C=O) groups excluding carboxylic acids is 1. The summed E-state index contributed by atoms with van der Waals surface area (Å²) >= 11 is 0. The Labute approximate surface area is 119 Å². The van der Waals surface area contributed by atoms with Gasteiger partial charge in [0.2, 0.25) is 5.91 Å². The van der Waals surface area contributed by atoms with Gasteiger partial charge in [0.15, 0.2) is 0 Å². The van der Waals surface area contributed by atoms with Crippen LogP contribution in [0, 0.1) is 5.92 Å². The second-order valence-corrected chi connectivity index (χ2v) is 6.52. The lowest BCUT2D eigenvalue weighted by atomic mass is 9.93. The molecule has 0 aromatic rings. The SMILES string of the molecule is CCC(CC)C(CNC(=O)CNC(C)(C)C)N(C)C. The Hall–Kier alpha value is -0.610. The van der Waals surface area contributed by atoms with Crippen LogP contribution in [0.1, 0.15) is 47.5 Å². The third-order valence-electron chi connectivity index (χ3n) is 3.54. The Morgan fingerprint density at radius 3 is 2.05 bits per heavy atom. The number of rotatable bonds is 8. The van der Waals surface area contributed by atoms with Crippen molar-refractivity contribution >= 4 is 5.91 Å². The van der Waals surface area contributed by atoms with E-state index in [0.29, 0.717) is 18.5 Å². The molecule has 114 valence electrons. The number of carbonyl (C=O) groups is 1. The number of nitrogens with zero attached hydrogens (tertiary/aromatic N) is 1. The van der Waals surface area contributed by atoms with E-state index in [4.69, 9.17) is 0 Å². The van der Waals surface area contributed by atoms with Gasteiger partial charge in [-0.3, -0.25) is 4.79 Å². The average molecular weight is 271 g/mol. The van der Waals surface area contributed by atoms with Crippen molar-refractivity contribution in [3.63, 3.8) is 0 Å². The molecule has 4 heteroatoms. The Kier molecular flexibility index (Phi) is 8.26. The zero-order valence-corrected chi connectivity index (χ0v) is 13.8. The van der Waals surface area contributed by atoms with Crippen molar-refractivity contribution in [1.82, 2.24) is 15.5 Å². The number of hydrogen-bond acceptors (Lipinski definition) is 3. The molecular formula is C15H33N3O. The highest BCUT2D eigenvalue weighted by Crippen LogP contribution is 2.16. The van der Waals surface area contributed by atoms with Gasteiger partial charge >= 0.3 is 0 Å². The molecule has 0 aliphatic carbocycles. The summed E-state index contributed by atoms with van der Waals surface area (Å²) in [6, 6.07) is 0.411. The van der Waals surface area contributed by atoms with Crippen molar-refractivity contribution in [2.75, 3.05) is 27.2 Å². The smallest absolute Gasteiger partial charge is 0.234 e. The molecule has 4 nitrogen and oxygen atoms in total. The fourth-order valence-corrected chi connectivity index (χ4v) is 2.23. The molecule has 0 saturated carbocycles. The minimum absolute atomic E-state index is 0.0202. The lowest BCUT2D eigenvalue weighted by Gasteiger charge is -2.31. The summed E-state index contributed by atoms with van der Waals surface area (Å²) in [4.78, 5) is 14.0. The molecule has 0 aromatic heterocycles. The lowest BCUT2D eigenvalue weighted by Crippen LogP contribution is -2.48. The first-order chi connectivity index (χ1) is 8.71. The van der Waals surface area contributed by atoms with Crippen LogP contribution >= 0.6 is 0 Å². The number of likely N-dealkylation sites (N-methyl/N-ethyl adjacent to an activating group) is 1. The Morgan fingerprint density at radius 2 is 1.68 bits per heavy atom. The minimum atomic E-state index is -0.0202. The van der Waals surface area contributed by atoms with Crippen LogP contribution in [-0.2, 0) is 4.79 Å². The minimum Gasteiger partial charge on any atom is -0.353 e. The molecular weight excluding hydrogens is 238 g/mol. The van der Waals surface area contributed by atoms with Crippen LogP contribution in [0.25, 0.3) is 0 Å². The van der Waals surface area contributed by atoms with Crippen LogP contribution in [0.2, 0.25) is 0 Å². The van der Waals surface area contributed by atoms with Crippen molar-refractivity contribution in [3.8, 4) is 0 Å². The fourth-order valence-electron chi connectivity index (χ4n) is 2.23. The van der Waals surface area contributed by atoms with Crippen LogP contribution in [0.3, 0.4) is 0 Å². The molecule has 1 amide bonds. The maximum absolute atomic E-state index is 11.8. The van der Waals surface area contributed by atoms with Crippen molar-refractivity contribution in [1.29, 1.82) is 0 Å². The number of amides is 1. The zero-order chi connectivity index (χ0) is 15.1. The summed E-state index contributed by atoms with van der Waals surface area (Å²) < 4.78 is 0. The number of hydrogen-bond donors (Lipinski definition) is 2. The van der Waals surface area contributed by atoms with E-state index in [0.717, 1.165) is 19.4 Å². The summed E-state index contributed by atoms with van der Waals surface area (Å²) in [6.45, 7) is 11.7. The van der Waals surface area contributed by atoms with Gasteiger partial charge in [0, 0.05) is 18.1 Å². The summed E-state index contributed by atoms with van der Waals surface area (Å²) in [5.74, 6) is 0.707. The molecule has 19 heavy (non-hydrogen) atoms.